The summed E-state index contributed by atoms with van der Waals surface area (Å²) < 4.78 is 0. The maximum atomic E-state index is 11.9. The molecule has 0 aromatic rings. The monoisotopic (exact) mass is 364 g/mol. The van der Waals surface area contributed by atoms with E-state index in [-0.39, 0.29) is 35.7 Å². The molecule has 4 N–H and O–H groups in total. The van der Waals surface area contributed by atoms with Crippen molar-refractivity contribution in [3.05, 3.63) is 0 Å². The fraction of sp³-hybridized carbons (Fsp3) is 0.778. The summed E-state index contributed by atoms with van der Waals surface area (Å²) in [5, 5.41) is 4.84. The largest absolute Gasteiger partial charge is 0.324 e. The molecule has 0 aliphatic carbocycles. The van der Waals surface area contributed by atoms with Crippen molar-refractivity contribution < 1.29 is 29.0 Å². The van der Waals surface area contributed by atoms with E-state index < -0.39 is 0 Å². The SMILES string of the molecule is O=C1C[C@@H]([NH+]2CCC(C3CC[NH+]([C@@H]4CC(=O)NC4=O)CC3)CC2)C(=O)N1. The van der Waals surface area contributed by atoms with E-state index in [1.807, 2.05) is 0 Å². The molecule has 4 aliphatic rings. The van der Waals surface area contributed by atoms with Crippen LogP contribution < -0.4 is 20.4 Å². The Kier molecular flexibility index (Phi) is 4.79. The van der Waals surface area contributed by atoms with Crippen LogP contribution in [0.1, 0.15) is 38.5 Å². The van der Waals surface area contributed by atoms with Gasteiger partial charge in [-0.15, -0.1) is 0 Å². The summed E-state index contributed by atoms with van der Waals surface area (Å²) >= 11 is 0. The Morgan fingerprint density at radius 3 is 1.23 bits per heavy atom. The Bertz CT molecular complexity index is 567. The van der Waals surface area contributed by atoms with Gasteiger partial charge in [0.25, 0.3) is 11.8 Å². The maximum absolute atomic E-state index is 11.9. The first-order valence-electron chi connectivity index (χ1n) is 9.88. The van der Waals surface area contributed by atoms with Crippen LogP contribution in [0.5, 0.6) is 0 Å². The van der Waals surface area contributed by atoms with Crippen molar-refractivity contribution in [1.82, 2.24) is 10.6 Å². The highest BCUT2D eigenvalue weighted by atomic mass is 16.2. The summed E-state index contributed by atoms with van der Waals surface area (Å²) in [7, 11) is 0. The van der Waals surface area contributed by atoms with Crippen LogP contribution in [0.15, 0.2) is 0 Å². The molecule has 4 heterocycles. The maximum Gasteiger partial charge on any atom is 0.285 e. The molecular weight excluding hydrogens is 336 g/mol. The number of rotatable bonds is 3. The quantitative estimate of drug-likeness (QED) is 0.389. The number of nitrogens with one attached hydrogen (secondary N) is 4. The van der Waals surface area contributed by atoms with Gasteiger partial charge < -0.3 is 9.80 Å². The van der Waals surface area contributed by atoms with Crippen LogP contribution >= 0.6 is 0 Å². The van der Waals surface area contributed by atoms with Gasteiger partial charge in [0.15, 0.2) is 12.1 Å². The molecule has 0 aromatic heterocycles. The van der Waals surface area contributed by atoms with Crippen LogP contribution in [-0.2, 0) is 19.2 Å². The topological polar surface area (TPSA) is 101 Å². The minimum Gasteiger partial charge on any atom is -0.324 e. The molecule has 142 valence electrons. The van der Waals surface area contributed by atoms with E-state index in [4.69, 9.17) is 0 Å². The third kappa shape index (κ3) is 3.40. The van der Waals surface area contributed by atoms with Gasteiger partial charge in [-0.3, -0.25) is 29.8 Å². The van der Waals surface area contributed by atoms with Crippen LogP contribution in [0, 0.1) is 11.8 Å². The molecule has 0 aromatic carbocycles. The number of carbonyl (C=O) groups excluding carboxylic acids is 4. The lowest BCUT2D eigenvalue weighted by molar-refractivity contribution is -0.924. The molecule has 4 saturated heterocycles. The van der Waals surface area contributed by atoms with E-state index in [1.54, 1.807) is 0 Å². The van der Waals surface area contributed by atoms with Gasteiger partial charge in [0.1, 0.15) is 0 Å². The Hall–Kier alpha value is -1.80. The zero-order valence-electron chi connectivity index (χ0n) is 15.0. The first-order valence-corrected chi connectivity index (χ1v) is 9.88. The minimum atomic E-state index is -0.187. The Labute approximate surface area is 152 Å². The Morgan fingerprint density at radius 2 is 0.962 bits per heavy atom. The highest BCUT2D eigenvalue weighted by Crippen LogP contribution is 2.27. The third-order valence-corrected chi connectivity index (χ3v) is 6.93. The number of amides is 4. The number of piperidine rings is 2. The van der Waals surface area contributed by atoms with Crippen molar-refractivity contribution in [1.29, 1.82) is 0 Å². The second-order valence-corrected chi connectivity index (χ2v) is 8.33. The second-order valence-electron chi connectivity index (χ2n) is 8.33. The zero-order valence-corrected chi connectivity index (χ0v) is 15.0. The van der Waals surface area contributed by atoms with Crippen molar-refractivity contribution in [3.8, 4) is 0 Å². The fourth-order valence-electron chi connectivity index (χ4n) is 5.43. The molecule has 0 bridgehead atoms. The summed E-state index contributed by atoms with van der Waals surface area (Å²) in [5.41, 5.74) is 0. The highest BCUT2D eigenvalue weighted by molar-refractivity contribution is 6.05. The molecule has 8 heteroatoms. The van der Waals surface area contributed by atoms with Crippen LogP contribution in [0.3, 0.4) is 0 Å². The summed E-state index contributed by atoms with van der Waals surface area (Å²) in [6.07, 6.45) is 5.10. The molecule has 4 aliphatic heterocycles. The molecule has 0 unspecified atom stereocenters. The van der Waals surface area contributed by atoms with Gasteiger partial charge in [-0.1, -0.05) is 0 Å². The lowest BCUT2D eigenvalue weighted by Gasteiger charge is -2.39. The first-order chi connectivity index (χ1) is 12.5. The van der Waals surface area contributed by atoms with Crippen LogP contribution in [0.25, 0.3) is 0 Å². The molecule has 4 amide bonds. The summed E-state index contributed by atoms with van der Waals surface area (Å²) in [5.74, 6) is 0.868. The summed E-state index contributed by atoms with van der Waals surface area (Å²) in [6.45, 7) is 3.84. The normalized spacial score (nSPS) is 41.2. The summed E-state index contributed by atoms with van der Waals surface area (Å²) in [4.78, 5) is 49.1. The number of carbonyl (C=O) groups is 4. The molecule has 0 spiro atoms. The van der Waals surface area contributed by atoms with Crippen molar-refractivity contribution in [2.75, 3.05) is 26.2 Å². The first kappa shape index (κ1) is 17.6. The van der Waals surface area contributed by atoms with Crippen molar-refractivity contribution in [2.45, 2.75) is 50.6 Å². The fourth-order valence-corrected chi connectivity index (χ4v) is 5.43. The number of imide groups is 2. The van der Waals surface area contributed by atoms with Crippen LogP contribution in [-0.4, -0.2) is 61.9 Å². The van der Waals surface area contributed by atoms with Crippen molar-refractivity contribution in [2.24, 2.45) is 11.8 Å². The molecule has 0 radical (unpaired) electrons. The number of hydrogen-bond acceptors (Lipinski definition) is 4. The van der Waals surface area contributed by atoms with E-state index in [2.05, 4.69) is 10.6 Å². The van der Waals surface area contributed by atoms with E-state index in [0.717, 1.165) is 51.9 Å². The van der Waals surface area contributed by atoms with Gasteiger partial charge >= 0.3 is 0 Å². The van der Waals surface area contributed by atoms with Gasteiger partial charge in [-0.2, -0.15) is 0 Å². The van der Waals surface area contributed by atoms with Crippen LogP contribution in [0.2, 0.25) is 0 Å². The zero-order chi connectivity index (χ0) is 18.3. The van der Waals surface area contributed by atoms with E-state index in [1.165, 1.54) is 9.80 Å². The minimum absolute atomic E-state index is 0.107. The average molecular weight is 364 g/mol. The molecule has 0 saturated carbocycles. The lowest BCUT2D eigenvalue weighted by atomic mass is 9.78. The van der Waals surface area contributed by atoms with Gasteiger partial charge in [-0.25, -0.2) is 0 Å². The third-order valence-electron chi connectivity index (χ3n) is 6.93. The molecular formula is C18H28N4O4+2. The van der Waals surface area contributed by atoms with E-state index >= 15 is 0 Å². The molecule has 8 nitrogen and oxygen atoms in total. The Morgan fingerprint density at radius 1 is 0.615 bits per heavy atom. The van der Waals surface area contributed by atoms with Gasteiger partial charge in [0, 0.05) is 0 Å². The predicted octanol–water partition coefficient (Wildman–Crippen LogP) is -3.59. The van der Waals surface area contributed by atoms with Crippen molar-refractivity contribution >= 4 is 23.6 Å². The second kappa shape index (κ2) is 7.08. The van der Waals surface area contributed by atoms with E-state index in [9.17, 15) is 19.2 Å². The molecule has 2 atom stereocenters. The van der Waals surface area contributed by atoms with Gasteiger partial charge in [0.05, 0.1) is 39.0 Å². The van der Waals surface area contributed by atoms with Gasteiger partial charge in [-0.05, 0) is 37.5 Å². The van der Waals surface area contributed by atoms with E-state index in [0.29, 0.717) is 24.7 Å². The molecule has 26 heavy (non-hydrogen) atoms. The van der Waals surface area contributed by atoms with Crippen LogP contribution in [0.4, 0.5) is 0 Å². The molecule has 4 rings (SSSR count). The number of hydrogen-bond donors (Lipinski definition) is 4. The highest BCUT2D eigenvalue weighted by Gasteiger charge is 2.44. The smallest absolute Gasteiger partial charge is 0.285 e. The molecule has 4 fully saturated rings. The number of quaternary nitrogens is 2. The average Bonchev–Trinajstić information content (AvgIpc) is 3.15. The lowest BCUT2D eigenvalue weighted by Crippen LogP contribution is -3.18. The Balaban J connectivity index is 1.25. The number of likely N-dealkylation sites (tertiary alicyclic amines) is 2. The predicted molar refractivity (Wildman–Crippen MR) is 90.0 cm³/mol. The summed E-state index contributed by atoms with van der Waals surface area (Å²) in [6, 6.07) is -0.374. The van der Waals surface area contributed by atoms with Crippen molar-refractivity contribution in [3.63, 3.8) is 0 Å². The van der Waals surface area contributed by atoms with Gasteiger partial charge in [0.2, 0.25) is 11.8 Å². The standard InChI is InChI=1S/C18H26N4O4/c23-15-9-13(17(25)19-15)21-5-1-11(2-6-21)12-3-7-22(8-4-12)14-10-16(24)20-18(14)26/h11-14H,1-10H2,(H,19,23,25)(H,20,24,26)/p+2/t13-,14-/m1/s1.